The molecule has 0 radical (unpaired) electrons. The van der Waals surface area contributed by atoms with Crippen molar-refractivity contribution in [3.8, 4) is 0 Å². The van der Waals surface area contributed by atoms with Crippen LogP contribution >= 0.6 is 0 Å². The molecule has 0 aliphatic heterocycles. The average Bonchev–Trinajstić information content (AvgIpc) is 2.64. The maximum absolute atomic E-state index is 11.9. The first kappa shape index (κ1) is 26.7. The molecular weight excluding hydrogens is 372 g/mol. The van der Waals surface area contributed by atoms with E-state index < -0.39 is 8.80 Å². The van der Waals surface area contributed by atoms with E-state index in [1.807, 2.05) is 59.4 Å². The third-order valence-corrected chi connectivity index (χ3v) is 6.67. The van der Waals surface area contributed by atoms with Crippen molar-refractivity contribution < 1.29 is 18.1 Å². The van der Waals surface area contributed by atoms with Gasteiger partial charge in [-0.2, -0.15) is 0 Å². The Morgan fingerprint density at radius 3 is 1.71 bits per heavy atom. The summed E-state index contributed by atoms with van der Waals surface area (Å²) in [7, 11) is -2.25. The van der Waals surface area contributed by atoms with Gasteiger partial charge in [0.2, 0.25) is 5.91 Å². The number of amides is 1. The van der Waals surface area contributed by atoms with Gasteiger partial charge in [-0.05, 0) is 58.8 Å². The van der Waals surface area contributed by atoms with E-state index in [1.165, 1.54) is 0 Å². The van der Waals surface area contributed by atoms with Crippen LogP contribution < -0.4 is 5.32 Å². The van der Waals surface area contributed by atoms with E-state index in [1.54, 1.807) is 0 Å². The Kier molecular flexibility index (Phi) is 14.0. The highest BCUT2D eigenvalue weighted by molar-refractivity contribution is 6.59. The molecule has 1 aromatic carbocycles. The van der Waals surface area contributed by atoms with Crippen LogP contribution in [0.2, 0.25) is 6.55 Å². The van der Waals surface area contributed by atoms with Gasteiger partial charge in [0.1, 0.15) is 0 Å². The quantitative estimate of drug-likeness (QED) is 0.551. The smallest absolute Gasteiger partial charge is 0.374 e. The average molecular weight is 413 g/mol. The predicted octanol–water partition coefficient (Wildman–Crippen LogP) is 4.25. The lowest BCUT2D eigenvalue weighted by Gasteiger charge is -2.23. The van der Waals surface area contributed by atoms with Crippen LogP contribution in [0.5, 0.6) is 0 Å². The lowest BCUT2D eigenvalue weighted by Crippen LogP contribution is -2.42. The van der Waals surface area contributed by atoms with Crippen molar-refractivity contribution in [3.63, 3.8) is 0 Å². The van der Waals surface area contributed by atoms with E-state index in [4.69, 9.17) is 13.3 Å². The SMILES string of the molecule is CCN(CC)CC(=O)Nc1c(C)cccc1C.CCO[Si](C)(OCC)OCC. The standard InChI is InChI=1S/C14H22N2O.C7H18O3Si/c1-5-16(6-2)10-13(17)15-14-11(3)8-7-9-12(14)4;1-5-8-11(4,9-6-2)10-7-3/h7-9H,5-6,10H2,1-4H3,(H,15,17);5-7H2,1-4H3. The summed E-state index contributed by atoms with van der Waals surface area (Å²) in [5.41, 5.74) is 3.17. The summed E-state index contributed by atoms with van der Waals surface area (Å²) in [4.78, 5) is 14.0. The molecule has 0 aliphatic rings. The van der Waals surface area contributed by atoms with Crippen molar-refractivity contribution in [1.29, 1.82) is 0 Å². The Balaban J connectivity index is 0.000000576. The molecule has 1 aromatic rings. The zero-order chi connectivity index (χ0) is 21.6. The normalized spacial score (nSPS) is 11.2. The number of aryl methyl sites for hydroxylation is 2. The number of hydrogen-bond donors (Lipinski definition) is 1. The van der Waals surface area contributed by atoms with E-state index in [0.29, 0.717) is 26.4 Å². The lowest BCUT2D eigenvalue weighted by molar-refractivity contribution is -0.117. The minimum Gasteiger partial charge on any atom is -0.374 e. The maximum Gasteiger partial charge on any atom is 0.497 e. The number of carbonyl (C=O) groups is 1. The minimum absolute atomic E-state index is 0.0612. The topological polar surface area (TPSA) is 60.0 Å². The van der Waals surface area contributed by atoms with Crippen LogP contribution in [-0.2, 0) is 18.1 Å². The van der Waals surface area contributed by atoms with Gasteiger partial charge in [-0.15, -0.1) is 0 Å². The molecule has 1 N–H and O–H groups in total. The third kappa shape index (κ3) is 10.3. The molecule has 28 heavy (non-hydrogen) atoms. The Bertz CT molecular complexity index is 528. The number of nitrogens with one attached hydrogen (secondary N) is 1. The van der Waals surface area contributed by atoms with Crippen LogP contribution in [0.15, 0.2) is 18.2 Å². The second-order valence-corrected chi connectivity index (χ2v) is 9.03. The fourth-order valence-electron chi connectivity index (χ4n) is 2.75. The highest BCUT2D eigenvalue weighted by Crippen LogP contribution is 2.19. The molecule has 162 valence electrons. The van der Waals surface area contributed by atoms with Crippen LogP contribution in [0.25, 0.3) is 0 Å². The first-order chi connectivity index (χ1) is 13.3. The number of rotatable bonds is 11. The first-order valence-corrected chi connectivity index (χ1v) is 12.5. The monoisotopic (exact) mass is 412 g/mol. The second kappa shape index (κ2) is 14.7. The molecule has 1 rings (SSSR count). The van der Waals surface area contributed by atoms with E-state index in [9.17, 15) is 4.79 Å². The van der Waals surface area contributed by atoms with Crippen molar-refractivity contribution in [2.75, 3.05) is 44.8 Å². The van der Waals surface area contributed by atoms with Gasteiger partial charge in [-0.3, -0.25) is 9.69 Å². The van der Waals surface area contributed by atoms with Gasteiger partial charge in [0.25, 0.3) is 0 Å². The van der Waals surface area contributed by atoms with Gasteiger partial charge >= 0.3 is 8.80 Å². The molecule has 0 heterocycles. The Labute approximate surface area is 172 Å². The number of para-hydroxylation sites is 1. The van der Waals surface area contributed by atoms with Crippen molar-refractivity contribution in [2.45, 2.75) is 55.0 Å². The summed E-state index contributed by atoms with van der Waals surface area (Å²) >= 11 is 0. The van der Waals surface area contributed by atoms with E-state index in [-0.39, 0.29) is 5.91 Å². The number of benzene rings is 1. The number of carbonyl (C=O) groups excluding carboxylic acids is 1. The van der Waals surface area contributed by atoms with E-state index in [2.05, 4.69) is 24.1 Å². The lowest BCUT2D eigenvalue weighted by atomic mass is 10.1. The molecule has 1 amide bonds. The molecule has 0 spiro atoms. The van der Waals surface area contributed by atoms with Gasteiger partial charge in [0.15, 0.2) is 0 Å². The Hall–Kier alpha value is -1.25. The van der Waals surface area contributed by atoms with Crippen LogP contribution in [-0.4, -0.2) is 59.1 Å². The van der Waals surface area contributed by atoms with Crippen molar-refractivity contribution in [1.82, 2.24) is 4.90 Å². The van der Waals surface area contributed by atoms with Crippen LogP contribution in [0, 0.1) is 13.8 Å². The number of nitrogens with zero attached hydrogens (tertiary/aromatic N) is 1. The fourth-order valence-corrected chi connectivity index (χ4v) is 4.58. The molecule has 0 fully saturated rings. The summed E-state index contributed by atoms with van der Waals surface area (Å²) in [5.74, 6) is 0.0612. The minimum atomic E-state index is -2.25. The van der Waals surface area contributed by atoms with Crippen LogP contribution in [0.4, 0.5) is 5.69 Å². The molecule has 0 saturated heterocycles. The van der Waals surface area contributed by atoms with Gasteiger partial charge in [0, 0.05) is 32.1 Å². The Morgan fingerprint density at radius 2 is 1.36 bits per heavy atom. The highest BCUT2D eigenvalue weighted by Gasteiger charge is 2.32. The van der Waals surface area contributed by atoms with Gasteiger partial charge in [-0.25, -0.2) is 0 Å². The fraction of sp³-hybridized carbons (Fsp3) is 0.667. The van der Waals surface area contributed by atoms with Crippen molar-refractivity contribution >= 4 is 20.4 Å². The zero-order valence-electron chi connectivity index (χ0n) is 19.1. The first-order valence-electron chi connectivity index (χ1n) is 10.3. The summed E-state index contributed by atoms with van der Waals surface area (Å²) < 4.78 is 16.2. The molecule has 0 aromatic heterocycles. The predicted molar refractivity (Wildman–Crippen MR) is 119 cm³/mol. The molecule has 0 atom stereocenters. The van der Waals surface area contributed by atoms with Gasteiger partial charge in [0.05, 0.1) is 6.54 Å². The number of anilines is 1. The summed E-state index contributed by atoms with van der Waals surface area (Å²) in [6, 6.07) is 6.03. The molecule has 0 saturated carbocycles. The van der Waals surface area contributed by atoms with Crippen molar-refractivity contribution in [2.24, 2.45) is 0 Å². The number of hydrogen-bond acceptors (Lipinski definition) is 5. The summed E-state index contributed by atoms with van der Waals surface area (Å²) in [5, 5.41) is 3.00. The zero-order valence-corrected chi connectivity index (χ0v) is 20.1. The molecule has 6 nitrogen and oxygen atoms in total. The molecule has 0 bridgehead atoms. The van der Waals surface area contributed by atoms with Crippen LogP contribution in [0.1, 0.15) is 45.7 Å². The molecule has 0 aliphatic carbocycles. The van der Waals surface area contributed by atoms with Crippen LogP contribution in [0.3, 0.4) is 0 Å². The largest absolute Gasteiger partial charge is 0.497 e. The maximum atomic E-state index is 11.9. The van der Waals surface area contributed by atoms with Crippen molar-refractivity contribution in [3.05, 3.63) is 29.3 Å². The van der Waals surface area contributed by atoms with Gasteiger partial charge < -0.3 is 18.6 Å². The molecule has 0 unspecified atom stereocenters. The third-order valence-electron chi connectivity index (χ3n) is 4.23. The van der Waals surface area contributed by atoms with E-state index in [0.717, 1.165) is 29.9 Å². The Morgan fingerprint density at radius 1 is 0.929 bits per heavy atom. The number of likely N-dealkylation sites (N-methyl/N-ethyl adjacent to an activating group) is 1. The van der Waals surface area contributed by atoms with Gasteiger partial charge in [-0.1, -0.05) is 32.0 Å². The highest BCUT2D eigenvalue weighted by atomic mass is 28.4. The second-order valence-electron chi connectivity index (χ2n) is 6.44. The molecular formula is C21H40N2O4Si. The summed E-state index contributed by atoms with van der Waals surface area (Å²) in [6.07, 6.45) is 0. The summed E-state index contributed by atoms with van der Waals surface area (Å²) in [6.45, 7) is 20.1. The molecule has 7 heteroatoms. The van der Waals surface area contributed by atoms with E-state index >= 15 is 0 Å².